The number of hydrogen-bond acceptors (Lipinski definition) is 6. The number of likely N-dealkylation sites (tertiary alicyclic amines) is 1. The van der Waals surface area contributed by atoms with Gasteiger partial charge in [0, 0.05) is 24.0 Å². The zero-order chi connectivity index (χ0) is 18.1. The van der Waals surface area contributed by atoms with Gasteiger partial charge in [0.25, 0.3) is 0 Å². The van der Waals surface area contributed by atoms with Crippen LogP contribution in [0.4, 0.5) is 0 Å². The minimum Gasteiger partial charge on any atom is -0.481 e. The van der Waals surface area contributed by atoms with Crippen molar-refractivity contribution in [2.24, 2.45) is 5.92 Å². The fourth-order valence-corrected chi connectivity index (χ4v) is 4.04. The molecule has 26 heavy (non-hydrogen) atoms. The van der Waals surface area contributed by atoms with Gasteiger partial charge in [0.15, 0.2) is 11.5 Å². The first-order valence-corrected chi connectivity index (χ1v) is 9.33. The Labute approximate surface area is 154 Å². The van der Waals surface area contributed by atoms with Gasteiger partial charge in [0.05, 0.1) is 18.0 Å². The summed E-state index contributed by atoms with van der Waals surface area (Å²) in [5, 5.41) is 11.8. The number of thiazole rings is 1. The molecule has 0 bridgehead atoms. The van der Waals surface area contributed by atoms with Crippen molar-refractivity contribution in [3.63, 3.8) is 0 Å². The molecule has 1 fully saturated rings. The van der Waals surface area contributed by atoms with Crippen LogP contribution in [0.3, 0.4) is 0 Å². The summed E-state index contributed by atoms with van der Waals surface area (Å²) in [6, 6.07) is 5.65. The summed E-state index contributed by atoms with van der Waals surface area (Å²) in [7, 11) is 0. The Bertz CT molecular complexity index is 850. The zero-order valence-corrected chi connectivity index (χ0v) is 14.8. The lowest BCUT2D eigenvalue weighted by molar-refractivity contribution is -0.145. The van der Waals surface area contributed by atoms with Gasteiger partial charge in [-0.3, -0.25) is 9.59 Å². The van der Waals surface area contributed by atoms with E-state index in [2.05, 4.69) is 4.98 Å². The summed E-state index contributed by atoms with van der Waals surface area (Å²) >= 11 is 1.47. The molecule has 1 N–H and O–H groups in total. The number of hydrogen-bond donors (Lipinski definition) is 1. The summed E-state index contributed by atoms with van der Waals surface area (Å²) in [6.45, 7) is 1.12. The van der Waals surface area contributed by atoms with Gasteiger partial charge in [0.1, 0.15) is 5.01 Å². The average molecular weight is 374 g/mol. The molecule has 4 rings (SSSR count). The number of amides is 1. The Morgan fingerprint density at radius 1 is 1.31 bits per heavy atom. The number of carbonyl (C=O) groups is 2. The Morgan fingerprint density at radius 3 is 3.00 bits per heavy atom. The molecule has 1 aromatic heterocycles. The monoisotopic (exact) mass is 374 g/mol. The van der Waals surface area contributed by atoms with Gasteiger partial charge in [0.2, 0.25) is 12.7 Å². The number of ether oxygens (including phenoxy) is 2. The number of nitrogens with zero attached hydrogens (tertiary/aromatic N) is 2. The molecule has 8 heteroatoms. The van der Waals surface area contributed by atoms with Crippen LogP contribution >= 0.6 is 11.3 Å². The molecular formula is C18H18N2O5S. The van der Waals surface area contributed by atoms with Crippen LogP contribution in [0.2, 0.25) is 0 Å². The molecule has 0 aliphatic carbocycles. The second-order valence-electron chi connectivity index (χ2n) is 6.41. The number of aliphatic carboxylic acids is 1. The van der Waals surface area contributed by atoms with E-state index in [1.807, 2.05) is 23.6 Å². The van der Waals surface area contributed by atoms with E-state index in [1.165, 1.54) is 11.3 Å². The standard InChI is InChI=1S/C18H18N2O5S/c21-16(20-5-1-2-12(8-20)18(22)23)7-13-9-26-17(19-13)11-3-4-14-15(6-11)25-10-24-14/h3-4,6,9,12H,1-2,5,7-8,10H2,(H,22,23). The minimum atomic E-state index is -0.832. The molecule has 136 valence electrons. The molecule has 3 heterocycles. The molecule has 2 aromatic rings. The molecule has 1 amide bonds. The lowest BCUT2D eigenvalue weighted by Crippen LogP contribution is -2.43. The average Bonchev–Trinajstić information content (AvgIpc) is 3.30. The highest BCUT2D eigenvalue weighted by atomic mass is 32.1. The largest absolute Gasteiger partial charge is 0.481 e. The van der Waals surface area contributed by atoms with Crippen LogP contribution in [0, 0.1) is 5.92 Å². The van der Waals surface area contributed by atoms with E-state index >= 15 is 0 Å². The van der Waals surface area contributed by atoms with Crippen molar-refractivity contribution >= 4 is 23.2 Å². The molecular weight excluding hydrogens is 356 g/mol. The van der Waals surface area contributed by atoms with Crippen molar-refractivity contribution in [3.8, 4) is 22.1 Å². The number of carbonyl (C=O) groups excluding carboxylic acids is 1. The lowest BCUT2D eigenvalue weighted by Gasteiger charge is -2.30. The topological polar surface area (TPSA) is 89.0 Å². The normalized spacial score (nSPS) is 18.8. The fraction of sp³-hybridized carbons (Fsp3) is 0.389. The van der Waals surface area contributed by atoms with E-state index in [1.54, 1.807) is 4.90 Å². The van der Waals surface area contributed by atoms with E-state index in [4.69, 9.17) is 14.6 Å². The quantitative estimate of drug-likeness (QED) is 0.884. The Balaban J connectivity index is 1.43. The third kappa shape index (κ3) is 3.37. The van der Waals surface area contributed by atoms with Gasteiger partial charge < -0.3 is 19.5 Å². The van der Waals surface area contributed by atoms with Gasteiger partial charge in [-0.1, -0.05) is 0 Å². The van der Waals surface area contributed by atoms with Crippen LogP contribution in [0.1, 0.15) is 18.5 Å². The highest BCUT2D eigenvalue weighted by Crippen LogP contribution is 2.36. The number of aromatic nitrogens is 1. The molecule has 1 saturated heterocycles. The van der Waals surface area contributed by atoms with Crippen LogP contribution in [0.15, 0.2) is 23.6 Å². The maximum absolute atomic E-state index is 12.5. The SMILES string of the molecule is O=C(O)C1CCCN(C(=O)Cc2csc(-c3ccc4c(c3)OCO4)n2)C1. The van der Waals surface area contributed by atoms with Crippen LogP contribution < -0.4 is 9.47 Å². The minimum absolute atomic E-state index is 0.0708. The smallest absolute Gasteiger partial charge is 0.308 e. The Morgan fingerprint density at radius 2 is 2.15 bits per heavy atom. The second-order valence-corrected chi connectivity index (χ2v) is 7.26. The first kappa shape index (κ1) is 16.8. The zero-order valence-electron chi connectivity index (χ0n) is 14.0. The lowest BCUT2D eigenvalue weighted by atomic mass is 9.98. The summed E-state index contributed by atoms with van der Waals surface area (Å²) < 4.78 is 10.7. The van der Waals surface area contributed by atoms with Crippen molar-refractivity contribution in [1.82, 2.24) is 9.88 Å². The maximum Gasteiger partial charge on any atom is 0.308 e. The first-order valence-electron chi connectivity index (χ1n) is 8.45. The number of carboxylic acids is 1. The van der Waals surface area contributed by atoms with Crippen molar-refractivity contribution in [2.45, 2.75) is 19.3 Å². The number of fused-ring (bicyclic) bond motifs is 1. The van der Waals surface area contributed by atoms with Crippen molar-refractivity contribution in [1.29, 1.82) is 0 Å². The Kier molecular flexibility index (Phi) is 4.50. The third-order valence-electron chi connectivity index (χ3n) is 4.63. The van der Waals surface area contributed by atoms with Crippen LogP contribution in [0.5, 0.6) is 11.5 Å². The van der Waals surface area contributed by atoms with Crippen LogP contribution in [-0.4, -0.2) is 46.7 Å². The fourth-order valence-electron chi connectivity index (χ4n) is 3.22. The molecule has 0 saturated carbocycles. The molecule has 2 aliphatic heterocycles. The molecule has 1 unspecified atom stereocenters. The Hall–Kier alpha value is -2.61. The molecule has 0 radical (unpaired) electrons. The number of carboxylic acid groups (broad SMARTS) is 1. The molecule has 1 atom stereocenters. The van der Waals surface area contributed by atoms with Crippen LogP contribution in [0.25, 0.3) is 10.6 Å². The molecule has 7 nitrogen and oxygen atoms in total. The summed E-state index contributed by atoms with van der Waals surface area (Å²) in [5.74, 6) is 0.0502. The van der Waals surface area contributed by atoms with Crippen molar-refractivity contribution in [3.05, 3.63) is 29.3 Å². The summed E-state index contributed by atoms with van der Waals surface area (Å²) in [5.41, 5.74) is 1.62. The highest BCUT2D eigenvalue weighted by Gasteiger charge is 2.28. The van der Waals surface area contributed by atoms with Gasteiger partial charge in [-0.25, -0.2) is 4.98 Å². The summed E-state index contributed by atoms with van der Waals surface area (Å²) in [4.78, 5) is 29.8. The number of rotatable bonds is 4. The molecule has 0 spiro atoms. The van der Waals surface area contributed by atoms with Crippen molar-refractivity contribution < 1.29 is 24.2 Å². The van der Waals surface area contributed by atoms with E-state index in [9.17, 15) is 9.59 Å². The second kappa shape index (κ2) is 6.95. The molecule has 2 aliphatic rings. The van der Waals surface area contributed by atoms with Gasteiger partial charge in [-0.05, 0) is 31.0 Å². The third-order valence-corrected chi connectivity index (χ3v) is 5.57. The predicted octanol–water partition coefficient (Wildman–Crippen LogP) is 2.40. The maximum atomic E-state index is 12.5. The van der Waals surface area contributed by atoms with Gasteiger partial charge >= 0.3 is 5.97 Å². The molecule has 1 aromatic carbocycles. The van der Waals surface area contributed by atoms with Gasteiger partial charge in [-0.15, -0.1) is 11.3 Å². The van der Waals surface area contributed by atoms with Gasteiger partial charge in [-0.2, -0.15) is 0 Å². The highest BCUT2D eigenvalue weighted by molar-refractivity contribution is 7.13. The summed E-state index contributed by atoms with van der Waals surface area (Å²) in [6.07, 6.45) is 1.54. The van der Waals surface area contributed by atoms with E-state index in [-0.39, 0.29) is 25.7 Å². The number of piperidine rings is 1. The van der Waals surface area contributed by atoms with Crippen LogP contribution in [-0.2, 0) is 16.0 Å². The van der Waals surface area contributed by atoms with E-state index < -0.39 is 11.9 Å². The first-order chi connectivity index (χ1) is 12.6. The van der Waals surface area contributed by atoms with E-state index in [0.29, 0.717) is 24.4 Å². The predicted molar refractivity (Wildman–Crippen MR) is 94.3 cm³/mol. The number of benzene rings is 1. The van der Waals surface area contributed by atoms with E-state index in [0.717, 1.165) is 22.7 Å². The van der Waals surface area contributed by atoms with Crippen molar-refractivity contribution in [2.75, 3.05) is 19.9 Å².